The monoisotopic (exact) mass is 456 g/mol. The standard InChI is InChI=1S/C24H20N6S2/c1-3-10-21(11-4-1)29-17-25-27-23(29)31-15-19-8-7-9-20(14-19)16-32-24-28-26-18-30(24)22-12-5-2-6-13-22/h1-14,17-18H,15-16H2. The van der Waals surface area contributed by atoms with Crippen molar-refractivity contribution in [3.63, 3.8) is 0 Å². The highest BCUT2D eigenvalue weighted by molar-refractivity contribution is 7.98. The van der Waals surface area contributed by atoms with E-state index < -0.39 is 0 Å². The molecule has 158 valence electrons. The number of thioether (sulfide) groups is 2. The number of aromatic nitrogens is 6. The molecule has 8 heteroatoms. The minimum atomic E-state index is 0.824. The van der Waals surface area contributed by atoms with Crippen molar-refractivity contribution < 1.29 is 0 Å². The third-order valence-electron chi connectivity index (χ3n) is 4.83. The summed E-state index contributed by atoms with van der Waals surface area (Å²) in [6.45, 7) is 0. The van der Waals surface area contributed by atoms with Gasteiger partial charge in [0.2, 0.25) is 0 Å². The Labute approximate surface area is 194 Å². The second-order valence-electron chi connectivity index (χ2n) is 7.04. The fraction of sp³-hybridized carbons (Fsp3) is 0.0833. The lowest BCUT2D eigenvalue weighted by atomic mass is 10.2. The van der Waals surface area contributed by atoms with Crippen LogP contribution < -0.4 is 0 Å². The molecule has 0 aliphatic heterocycles. The van der Waals surface area contributed by atoms with E-state index >= 15 is 0 Å². The molecule has 2 aromatic heterocycles. The topological polar surface area (TPSA) is 61.4 Å². The predicted molar refractivity (Wildman–Crippen MR) is 128 cm³/mol. The van der Waals surface area contributed by atoms with E-state index in [0.717, 1.165) is 33.2 Å². The zero-order valence-corrected chi connectivity index (χ0v) is 18.8. The lowest BCUT2D eigenvalue weighted by molar-refractivity contribution is 0.883. The summed E-state index contributed by atoms with van der Waals surface area (Å²) in [7, 11) is 0. The first-order valence-corrected chi connectivity index (χ1v) is 12.1. The van der Waals surface area contributed by atoms with Crippen LogP contribution >= 0.6 is 23.5 Å². The van der Waals surface area contributed by atoms with Gasteiger partial charge in [-0.2, -0.15) is 0 Å². The fourth-order valence-electron chi connectivity index (χ4n) is 3.28. The summed E-state index contributed by atoms with van der Waals surface area (Å²) in [6, 6.07) is 29.0. The van der Waals surface area contributed by atoms with Crippen LogP contribution in [-0.4, -0.2) is 29.5 Å². The largest absolute Gasteiger partial charge is 0.277 e. The van der Waals surface area contributed by atoms with Gasteiger partial charge in [-0.3, -0.25) is 9.13 Å². The van der Waals surface area contributed by atoms with Gasteiger partial charge in [0.1, 0.15) is 12.7 Å². The Hall–Kier alpha value is -3.36. The van der Waals surface area contributed by atoms with Crippen molar-refractivity contribution >= 4 is 23.5 Å². The third-order valence-corrected chi connectivity index (χ3v) is 6.86. The van der Waals surface area contributed by atoms with E-state index in [1.54, 1.807) is 36.2 Å². The van der Waals surface area contributed by atoms with Gasteiger partial charge in [0, 0.05) is 22.9 Å². The molecule has 0 aliphatic rings. The first-order chi connectivity index (χ1) is 15.9. The van der Waals surface area contributed by atoms with Crippen LogP contribution in [0.5, 0.6) is 0 Å². The summed E-state index contributed by atoms with van der Waals surface area (Å²) in [4.78, 5) is 0. The van der Waals surface area contributed by atoms with Crippen molar-refractivity contribution in [2.24, 2.45) is 0 Å². The van der Waals surface area contributed by atoms with Crippen LogP contribution in [0, 0.1) is 0 Å². The molecule has 6 nitrogen and oxygen atoms in total. The molecule has 0 aliphatic carbocycles. The molecule has 32 heavy (non-hydrogen) atoms. The fourth-order valence-corrected chi connectivity index (χ4v) is 5.03. The second kappa shape index (κ2) is 9.84. The van der Waals surface area contributed by atoms with Gasteiger partial charge < -0.3 is 0 Å². The van der Waals surface area contributed by atoms with Gasteiger partial charge in [-0.15, -0.1) is 20.4 Å². The maximum atomic E-state index is 4.29. The minimum Gasteiger partial charge on any atom is -0.277 e. The maximum absolute atomic E-state index is 4.29. The van der Waals surface area contributed by atoms with E-state index in [0.29, 0.717) is 0 Å². The van der Waals surface area contributed by atoms with Crippen LogP contribution in [0.1, 0.15) is 11.1 Å². The first-order valence-electron chi connectivity index (χ1n) is 10.1. The van der Waals surface area contributed by atoms with Crippen LogP contribution in [0.3, 0.4) is 0 Å². The van der Waals surface area contributed by atoms with E-state index in [9.17, 15) is 0 Å². The van der Waals surface area contributed by atoms with Crippen LogP contribution in [0.25, 0.3) is 11.4 Å². The second-order valence-corrected chi connectivity index (χ2v) is 8.92. The van der Waals surface area contributed by atoms with E-state index in [1.165, 1.54) is 11.1 Å². The van der Waals surface area contributed by atoms with Gasteiger partial charge in [0.05, 0.1) is 0 Å². The highest BCUT2D eigenvalue weighted by atomic mass is 32.2. The summed E-state index contributed by atoms with van der Waals surface area (Å²) < 4.78 is 4.03. The van der Waals surface area contributed by atoms with Gasteiger partial charge in [-0.1, -0.05) is 84.2 Å². The average molecular weight is 457 g/mol. The quantitative estimate of drug-likeness (QED) is 0.290. The Morgan fingerprint density at radius 3 is 1.50 bits per heavy atom. The van der Waals surface area contributed by atoms with Crippen molar-refractivity contribution in [3.05, 3.63) is 109 Å². The molecule has 0 spiro atoms. The third kappa shape index (κ3) is 4.76. The smallest absolute Gasteiger partial charge is 0.195 e. The lowest BCUT2D eigenvalue weighted by Gasteiger charge is -2.08. The van der Waals surface area contributed by atoms with Crippen LogP contribution in [0.2, 0.25) is 0 Å². The highest BCUT2D eigenvalue weighted by Gasteiger charge is 2.09. The molecular formula is C24H20N6S2. The lowest BCUT2D eigenvalue weighted by Crippen LogP contribution is -1.96. The Balaban J connectivity index is 1.24. The Morgan fingerprint density at radius 1 is 0.562 bits per heavy atom. The molecule has 0 radical (unpaired) electrons. The van der Waals surface area contributed by atoms with Crippen molar-refractivity contribution in [1.29, 1.82) is 0 Å². The molecule has 3 aromatic carbocycles. The zero-order valence-electron chi connectivity index (χ0n) is 17.2. The number of hydrogen-bond donors (Lipinski definition) is 0. The highest BCUT2D eigenvalue weighted by Crippen LogP contribution is 2.26. The Morgan fingerprint density at radius 2 is 1.03 bits per heavy atom. The first kappa shape index (κ1) is 20.5. The molecule has 0 N–H and O–H groups in total. The van der Waals surface area contributed by atoms with Crippen LogP contribution in [0.4, 0.5) is 0 Å². The Bertz CT molecular complexity index is 1190. The molecule has 5 aromatic rings. The minimum absolute atomic E-state index is 0.824. The number of nitrogens with zero attached hydrogens (tertiary/aromatic N) is 6. The van der Waals surface area contributed by atoms with Gasteiger partial charge >= 0.3 is 0 Å². The van der Waals surface area contributed by atoms with E-state index in [-0.39, 0.29) is 0 Å². The summed E-state index contributed by atoms with van der Waals surface area (Å²) in [5, 5.41) is 18.5. The normalized spacial score (nSPS) is 11.0. The summed E-state index contributed by atoms with van der Waals surface area (Å²) in [5.74, 6) is 1.65. The van der Waals surface area contributed by atoms with Gasteiger partial charge in [-0.25, -0.2) is 0 Å². The number of benzene rings is 3. The predicted octanol–water partition coefficient (Wildman–Crippen LogP) is 5.43. The molecule has 5 rings (SSSR count). The zero-order chi connectivity index (χ0) is 21.6. The van der Waals surface area contributed by atoms with Crippen LogP contribution in [0.15, 0.2) is 108 Å². The van der Waals surface area contributed by atoms with Gasteiger partial charge in [0.15, 0.2) is 10.3 Å². The SMILES string of the molecule is c1ccc(-n2cnnc2SCc2cccc(CSc3nncn3-c3ccccc3)c2)cc1. The molecular weight excluding hydrogens is 436 g/mol. The Kier molecular flexibility index (Phi) is 6.32. The molecule has 2 heterocycles. The van der Waals surface area contributed by atoms with Crippen molar-refractivity contribution in [1.82, 2.24) is 29.5 Å². The molecule has 0 fully saturated rings. The van der Waals surface area contributed by atoms with Crippen molar-refractivity contribution in [2.75, 3.05) is 0 Å². The van der Waals surface area contributed by atoms with E-state index in [2.05, 4.69) is 68.9 Å². The van der Waals surface area contributed by atoms with E-state index in [4.69, 9.17) is 0 Å². The van der Waals surface area contributed by atoms with Crippen molar-refractivity contribution in [3.8, 4) is 11.4 Å². The summed E-state index contributed by atoms with van der Waals surface area (Å²) >= 11 is 3.36. The van der Waals surface area contributed by atoms with E-state index in [1.807, 2.05) is 45.5 Å². The molecule has 0 amide bonds. The summed E-state index contributed by atoms with van der Waals surface area (Å²) in [5.41, 5.74) is 4.63. The molecule has 0 unspecified atom stereocenters. The number of hydrogen-bond acceptors (Lipinski definition) is 6. The van der Waals surface area contributed by atoms with Crippen molar-refractivity contribution in [2.45, 2.75) is 21.8 Å². The molecule has 0 saturated carbocycles. The summed E-state index contributed by atoms with van der Waals surface area (Å²) in [6.07, 6.45) is 3.52. The molecule has 0 atom stereocenters. The average Bonchev–Trinajstić information content (AvgIpc) is 3.52. The molecule has 0 bridgehead atoms. The maximum Gasteiger partial charge on any atom is 0.195 e. The van der Waals surface area contributed by atoms with Crippen LogP contribution in [-0.2, 0) is 11.5 Å². The number of para-hydroxylation sites is 2. The van der Waals surface area contributed by atoms with Gasteiger partial charge in [0.25, 0.3) is 0 Å². The number of rotatable bonds is 8. The van der Waals surface area contributed by atoms with Gasteiger partial charge in [-0.05, 0) is 35.4 Å². The molecule has 0 saturated heterocycles.